The van der Waals surface area contributed by atoms with Crippen LogP contribution in [0.3, 0.4) is 0 Å². The van der Waals surface area contributed by atoms with Gasteiger partial charge in [-0.15, -0.1) is 0 Å². The Morgan fingerprint density at radius 1 is 0.861 bits per heavy atom. The number of anilines is 1. The minimum Gasteiger partial charge on any atom is -0.355 e. The Hall–Kier alpha value is -3.01. The molecule has 1 aromatic heterocycles. The number of fused-ring (bicyclic) bond motifs is 1. The van der Waals surface area contributed by atoms with Gasteiger partial charge in [-0.2, -0.15) is 13.2 Å². The smallest absolute Gasteiger partial charge is 0.355 e. The SMILES string of the molecule is CC(C)(C)c1nc(N2CCCN(CCCCN3C(=O)c4ccccc4C3=O)CC2)cc(C(F)(F)F)n1. The van der Waals surface area contributed by atoms with Crippen molar-refractivity contribution in [1.82, 2.24) is 19.8 Å². The van der Waals surface area contributed by atoms with Crippen molar-refractivity contribution in [2.24, 2.45) is 0 Å². The highest BCUT2D eigenvalue weighted by Crippen LogP contribution is 2.32. The summed E-state index contributed by atoms with van der Waals surface area (Å²) >= 11 is 0. The Morgan fingerprint density at radius 2 is 1.50 bits per heavy atom. The van der Waals surface area contributed by atoms with Gasteiger partial charge in [-0.3, -0.25) is 14.5 Å². The second kappa shape index (κ2) is 10.2. The van der Waals surface area contributed by atoms with E-state index in [2.05, 4.69) is 14.9 Å². The Kier molecular flexibility index (Phi) is 7.36. The first-order valence-corrected chi connectivity index (χ1v) is 12.3. The molecule has 10 heteroatoms. The molecule has 1 saturated heterocycles. The molecule has 0 unspecified atom stereocenters. The maximum absolute atomic E-state index is 13.5. The fraction of sp³-hybridized carbons (Fsp3) is 0.538. The number of imide groups is 1. The van der Waals surface area contributed by atoms with Gasteiger partial charge in [0.1, 0.15) is 17.3 Å². The summed E-state index contributed by atoms with van der Waals surface area (Å²) in [5, 5.41) is 0. The van der Waals surface area contributed by atoms with Crippen molar-refractivity contribution in [3.8, 4) is 0 Å². The van der Waals surface area contributed by atoms with Crippen LogP contribution in [0.1, 0.15) is 72.3 Å². The van der Waals surface area contributed by atoms with E-state index in [4.69, 9.17) is 0 Å². The van der Waals surface area contributed by atoms with E-state index >= 15 is 0 Å². The van der Waals surface area contributed by atoms with E-state index in [1.165, 1.54) is 4.90 Å². The highest BCUT2D eigenvalue weighted by atomic mass is 19.4. The summed E-state index contributed by atoms with van der Waals surface area (Å²) in [7, 11) is 0. The third kappa shape index (κ3) is 5.69. The molecule has 1 aromatic carbocycles. The second-order valence-corrected chi connectivity index (χ2v) is 10.4. The van der Waals surface area contributed by atoms with E-state index in [1.54, 1.807) is 45.0 Å². The van der Waals surface area contributed by atoms with Gasteiger partial charge >= 0.3 is 6.18 Å². The number of carbonyl (C=O) groups excluding carboxylic acids is 2. The second-order valence-electron chi connectivity index (χ2n) is 10.4. The van der Waals surface area contributed by atoms with Crippen LogP contribution in [-0.2, 0) is 11.6 Å². The fourth-order valence-corrected chi connectivity index (χ4v) is 4.55. The Bertz CT molecular complexity index is 1060. The average Bonchev–Trinajstić information content (AvgIpc) is 2.97. The lowest BCUT2D eigenvalue weighted by Gasteiger charge is -2.26. The van der Waals surface area contributed by atoms with Crippen LogP contribution in [0.15, 0.2) is 30.3 Å². The lowest BCUT2D eigenvalue weighted by Crippen LogP contribution is -2.33. The zero-order valence-corrected chi connectivity index (χ0v) is 20.9. The van der Waals surface area contributed by atoms with Gasteiger partial charge < -0.3 is 9.80 Å². The predicted molar refractivity (Wildman–Crippen MR) is 130 cm³/mol. The van der Waals surface area contributed by atoms with Gasteiger partial charge in [0.2, 0.25) is 0 Å². The maximum Gasteiger partial charge on any atom is 0.433 e. The first kappa shape index (κ1) is 26.1. The molecule has 4 rings (SSSR count). The molecule has 0 bridgehead atoms. The predicted octanol–water partition coefficient (Wildman–Crippen LogP) is 4.38. The number of aromatic nitrogens is 2. The number of rotatable bonds is 6. The molecular weight excluding hydrogens is 471 g/mol. The number of alkyl halides is 3. The van der Waals surface area contributed by atoms with Crippen molar-refractivity contribution >= 4 is 17.6 Å². The molecule has 2 aliphatic heterocycles. The van der Waals surface area contributed by atoms with E-state index in [1.807, 2.05) is 4.90 Å². The Labute approximate surface area is 209 Å². The summed E-state index contributed by atoms with van der Waals surface area (Å²) in [6, 6.07) is 7.92. The van der Waals surface area contributed by atoms with Crippen molar-refractivity contribution in [3.05, 3.63) is 53.0 Å². The number of nitrogens with zero attached hydrogens (tertiary/aromatic N) is 5. The third-order valence-electron chi connectivity index (χ3n) is 6.57. The summed E-state index contributed by atoms with van der Waals surface area (Å²) in [4.78, 5) is 38.8. The van der Waals surface area contributed by atoms with Crippen LogP contribution < -0.4 is 4.90 Å². The third-order valence-corrected chi connectivity index (χ3v) is 6.57. The molecule has 194 valence electrons. The lowest BCUT2D eigenvalue weighted by molar-refractivity contribution is -0.141. The van der Waals surface area contributed by atoms with Crippen molar-refractivity contribution < 1.29 is 22.8 Å². The van der Waals surface area contributed by atoms with Gasteiger partial charge in [0.25, 0.3) is 11.8 Å². The van der Waals surface area contributed by atoms with Crippen molar-refractivity contribution in [1.29, 1.82) is 0 Å². The number of unbranched alkanes of at least 4 members (excludes halogenated alkanes) is 1. The summed E-state index contributed by atoms with van der Waals surface area (Å²) in [5.74, 6) is 0.0220. The van der Waals surface area contributed by atoms with Crippen LogP contribution in [0.5, 0.6) is 0 Å². The van der Waals surface area contributed by atoms with E-state index in [0.717, 1.165) is 32.0 Å². The fourth-order valence-electron chi connectivity index (χ4n) is 4.55. The zero-order chi connectivity index (χ0) is 26.1. The monoisotopic (exact) mass is 503 g/mol. The van der Waals surface area contributed by atoms with Crippen LogP contribution in [0.4, 0.5) is 19.0 Å². The van der Waals surface area contributed by atoms with Gasteiger partial charge in [0.05, 0.1) is 11.1 Å². The molecule has 0 N–H and O–H groups in total. The van der Waals surface area contributed by atoms with Crippen LogP contribution in [0.2, 0.25) is 0 Å². The van der Waals surface area contributed by atoms with Gasteiger partial charge in [-0.25, -0.2) is 9.97 Å². The minimum atomic E-state index is -4.53. The molecule has 0 saturated carbocycles. The van der Waals surface area contributed by atoms with Gasteiger partial charge in [-0.1, -0.05) is 32.9 Å². The molecule has 0 aliphatic carbocycles. The van der Waals surface area contributed by atoms with Crippen molar-refractivity contribution in [3.63, 3.8) is 0 Å². The molecular formula is C26H32F3N5O2. The molecule has 0 atom stereocenters. The summed E-state index contributed by atoms with van der Waals surface area (Å²) < 4.78 is 40.5. The number of hydrogen-bond donors (Lipinski definition) is 0. The topological polar surface area (TPSA) is 69.6 Å². The molecule has 0 radical (unpaired) electrons. The first-order valence-electron chi connectivity index (χ1n) is 12.3. The van der Waals surface area contributed by atoms with E-state index < -0.39 is 17.3 Å². The highest BCUT2D eigenvalue weighted by molar-refractivity contribution is 6.21. The van der Waals surface area contributed by atoms with Gasteiger partial charge in [-0.05, 0) is 44.5 Å². The maximum atomic E-state index is 13.5. The molecule has 3 heterocycles. The molecule has 2 amide bonds. The molecule has 2 aliphatic rings. The lowest BCUT2D eigenvalue weighted by atomic mass is 9.95. The largest absolute Gasteiger partial charge is 0.433 e. The van der Waals surface area contributed by atoms with E-state index in [9.17, 15) is 22.8 Å². The zero-order valence-electron chi connectivity index (χ0n) is 20.9. The molecule has 2 aromatic rings. The van der Waals surface area contributed by atoms with Crippen LogP contribution in [0, 0.1) is 0 Å². The molecule has 0 spiro atoms. The standard InChI is InChI=1S/C26H32F3N5O2/c1-25(2,3)24-30-20(26(27,28)29)17-21(31-24)33-13-8-12-32(15-16-33)11-6-7-14-34-22(35)18-9-4-5-10-19(18)23(34)36/h4-5,9-10,17H,6-8,11-16H2,1-3H3. The molecule has 1 fully saturated rings. The van der Waals surface area contributed by atoms with Crippen LogP contribution in [-0.4, -0.2) is 70.9 Å². The van der Waals surface area contributed by atoms with Crippen molar-refractivity contribution in [2.75, 3.05) is 44.2 Å². The number of hydrogen-bond acceptors (Lipinski definition) is 6. The van der Waals surface area contributed by atoms with Gasteiger partial charge in [0.15, 0.2) is 0 Å². The number of carbonyl (C=O) groups is 2. The Balaban J connectivity index is 1.32. The van der Waals surface area contributed by atoms with E-state index in [-0.39, 0.29) is 17.6 Å². The Morgan fingerprint density at radius 3 is 2.11 bits per heavy atom. The average molecular weight is 504 g/mol. The van der Waals surface area contributed by atoms with Crippen LogP contribution >= 0.6 is 0 Å². The summed E-state index contributed by atoms with van der Waals surface area (Å²) in [6.45, 7) is 9.29. The van der Waals surface area contributed by atoms with Gasteiger partial charge in [0, 0.05) is 37.7 Å². The molecule has 36 heavy (non-hydrogen) atoms. The first-order chi connectivity index (χ1) is 16.9. The number of halogens is 3. The normalized spacial score (nSPS) is 17.5. The molecule has 7 nitrogen and oxygen atoms in total. The van der Waals surface area contributed by atoms with Crippen molar-refractivity contribution in [2.45, 2.75) is 51.6 Å². The number of amides is 2. The summed E-state index contributed by atoms with van der Waals surface area (Å²) in [5.41, 5.74) is -0.592. The van der Waals surface area contributed by atoms with Crippen LogP contribution in [0.25, 0.3) is 0 Å². The number of benzene rings is 1. The minimum absolute atomic E-state index is 0.182. The highest BCUT2D eigenvalue weighted by Gasteiger charge is 2.36. The summed E-state index contributed by atoms with van der Waals surface area (Å²) in [6.07, 6.45) is -2.22. The quantitative estimate of drug-likeness (QED) is 0.431. The van der Waals surface area contributed by atoms with E-state index in [0.29, 0.717) is 49.5 Å².